The van der Waals surface area contributed by atoms with Crippen LogP contribution in [0.3, 0.4) is 0 Å². The molecule has 0 aromatic carbocycles. The van der Waals surface area contributed by atoms with Crippen LogP contribution < -0.4 is 0 Å². The van der Waals surface area contributed by atoms with Crippen molar-refractivity contribution < 1.29 is 9.90 Å². The summed E-state index contributed by atoms with van der Waals surface area (Å²) in [6, 6.07) is 0. The van der Waals surface area contributed by atoms with Crippen LogP contribution in [0.25, 0.3) is 0 Å². The number of nitrogens with one attached hydrogen (secondary N) is 1. The number of aliphatic carboxylic acids is 1. The molecule has 4 heteroatoms. The SMILES string of the molecule is CC1CCc2c(c[nH]c2Cl)C1C(=O)O. The van der Waals surface area contributed by atoms with Gasteiger partial charge in [0, 0.05) is 6.20 Å². The van der Waals surface area contributed by atoms with Crippen molar-refractivity contribution in [2.45, 2.75) is 25.7 Å². The number of aromatic nitrogens is 1. The third-order valence-electron chi connectivity index (χ3n) is 2.99. The Kier molecular flexibility index (Phi) is 2.27. The van der Waals surface area contributed by atoms with E-state index in [-0.39, 0.29) is 5.92 Å². The first kappa shape index (κ1) is 9.59. The van der Waals surface area contributed by atoms with Gasteiger partial charge in [-0.25, -0.2) is 0 Å². The number of carboxylic acid groups (broad SMARTS) is 1. The van der Waals surface area contributed by atoms with Gasteiger partial charge in [0.1, 0.15) is 5.15 Å². The van der Waals surface area contributed by atoms with Gasteiger partial charge >= 0.3 is 5.97 Å². The number of fused-ring (bicyclic) bond motifs is 1. The van der Waals surface area contributed by atoms with Gasteiger partial charge in [0.25, 0.3) is 0 Å². The summed E-state index contributed by atoms with van der Waals surface area (Å²) in [4.78, 5) is 14.0. The summed E-state index contributed by atoms with van der Waals surface area (Å²) >= 11 is 5.93. The minimum Gasteiger partial charge on any atom is -0.481 e. The zero-order chi connectivity index (χ0) is 10.3. The fourth-order valence-corrected chi connectivity index (χ4v) is 2.45. The maximum atomic E-state index is 11.1. The van der Waals surface area contributed by atoms with Crippen LogP contribution >= 0.6 is 11.6 Å². The molecule has 0 spiro atoms. The zero-order valence-corrected chi connectivity index (χ0v) is 8.64. The number of H-pyrrole nitrogens is 1. The highest BCUT2D eigenvalue weighted by Crippen LogP contribution is 2.38. The smallest absolute Gasteiger partial charge is 0.311 e. The van der Waals surface area contributed by atoms with Crippen molar-refractivity contribution in [1.82, 2.24) is 4.98 Å². The molecule has 1 heterocycles. The molecule has 2 N–H and O–H groups in total. The lowest BCUT2D eigenvalue weighted by molar-refractivity contribution is -0.140. The first-order chi connectivity index (χ1) is 6.61. The minimum atomic E-state index is -0.755. The summed E-state index contributed by atoms with van der Waals surface area (Å²) in [7, 11) is 0. The Labute approximate surface area is 87.1 Å². The largest absolute Gasteiger partial charge is 0.481 e. The van der Waals surface area contributed by atoms with Gasteiger partial charge in [-0.15, -0.1) is 0 Å². The summed E-state index contributed by atoms with van der Waals surface area (Å²) in [5.74, 6) is -0.969. The number of hydrogen-bond acceptors (Lipinski definition) is 1. The van der Waals surface area contributed by atoms with Crippen LogP contribution in [0, 0.1) is 5.92 Å². The van der Waals surface area contributed by atoms with Crippen molar-refractivity contribution in [2.24, 2.45) is 5.92 Å². The monoisotopic (exact) mass is 213 g/mol. The van der Waals surface area contributed by atoms with E-state index < -0.39 is 11.9 Å². The first-order valence-electron chi connectivity index (χ1n) is 4.69. The van der Waals surface area contributed by atoms with Crippen LogP contribution in [0.15, 0.2) is 6.20 Å². The molecule has 2 atom stereocenters. The third kappa shape index (κ3) is 1.32. The second-order valence-corrected chi connectivity index (χ2v) is 4.25. The maximum Gasteiger partial charge on any atom is 0.311 e. The molecule has 0 aliphatic heterocycles. The second-order valence-electron chi connectivity index (χ2n) is 3.87. The summed E-state index contributed by atoms with van der Waals surface area (Å²) in [5, 5.41) is 9.70. The lowest BCUT2D eigenvalue weighted by Crippen LogP contribution is -2.24. The average Bonchev–Trinajstić information content (AvgIpc) is 2.47. The first-order valence-corrected chi connectivity index (χ1v) is 5.07. The van der Waals surface area contributed by atoms with E-state index in [9.17, 15) is 4.79 Å². The Bertz CT molecular complexity index is 372. The number of carbonyl (C=O) groups is 1. The lowest BCUT2D eigenvalue weighted by atomic mass is 9.78. The number of halogens is 1. The summed E-state index contributed by atoms with van der Waals surface area (Å²) in [6.45, 7) is 1.97. The van der Waals surface area contributed by atoms with Crippen molar-refractivity contribution in [3.05, 3.63) is 22.5 Å². The van der Waals surface area contributed by atoms with E-state index in [0.717, 1.165) is 24.0 Å². The van der Waals surface area contributed by atoms with E-state index in [4.69, 9.17) is 16.7 Å². The van der Waals surface area contributed by atoms with E-state index in [1.807, 2.05) is 6.92 Å². The Hall–Kier alpha value is -0.960. The van der Waals surface area contributed by atoms with E-state index in [1.165, 1.54) is 0 Å². The topological polar surface area (TPSA) is 53.1 Å². The van der Waals surface area contributed by atoms with Crippen LogP contribution in [-0.4, -0.2) is 16.1 Å². The molecule has 1 aliphatic rings. The van der Waals surface area contributed by atoms with Crippen molar-refractivity contribution >= 4 is 17.6 Å². The molecule has 2 rings (SSSR count). The van der Waals surface area contributed by atoms with Gasteiger partial charge in [0.2, 0.25) is 0 Å². The fourth-order valence-electron chi connectivity index (χ4n) is 2.20. The van der Waals surface area contributed by atoms with Gasteiger partial charge in [-0.3, -0.25) is 4.79 Å². The highest BCUT2D eigenvalue weighted by atomic mass is 35.5. The van der Waals surface area contributed by atoms with Gasteiger partial charge in [-0.2, -0.15) is 0 Å². The normalized spacial score (nSPS) is 25.9. The van der Waals surface area contributed by atoms with Crippen LogP contribution in [0.1, 0.15) is 30.4 Å². The minimum absolute atomic E-state index is 0.187. The van der Waals surface area contributed by atoms with Gasteiger partial charge in [-0.05, 0) is 29.9 Å². The highest BCUT2D eigenvalue weighted by molar-refractivity contribution is 6.30. The van der Waals surface area contributed by atoms with Crippen LogP contribution in [0.5, 0.6) is 0 Å². The summed E-state index contributed by atoms with van der Waals surface area (Å²) in [6.07, 6.45) is 3.50. The molecule has 14 heavy (non-hydrogen) atoms. The van der Waals surface area contributed by atoms with Gasteiger partial charge in [0.15, 0.2) is 0 Å². The van der Waals surface area contributed by atoms with Gasteiger partial charge in [0.05, 0.1) is 5.92 Å². The van der Waals surface area contributed by atoms with Gasteiger partial charge < -0.3 is 10.1 Å². The molecule has 1 aromatic heterocycles. The van der Waals surface area contributed by atoms with Crippen LogP contribution in [-0.2, 0) is 11.2 Å². The van der Waals surface area contributed by atoms with Crippen molar-refractivity contribution in [3.8, 4) is 0 Å². The molecule has 0 fully saturated rings. The Morgan fingerprint density at radius 1 is 1.71 bits per heavy atom. The molecule has 2 unspecified atom stereocenters. The molecule has 0 saturated heterocycles. The molecule has 0 radical (unpaired) electrons. The quantitative estimate of drug-likeness (QED) is 0.753. The molecule has 0 saturated carbocycles. The number of hydrogen-bond donors (Lipinski definition) is 2. The van der Waals surface area contributed by atoms with Crippen LogP contribution in [0.4, 0.5) is 0 Å². The predicted octanol–water partition coefficient (Wildman–Crippen LogP) is 2.42. The zero-order valence-electron chi connectivity index (χ0n) is 7.88. The van der Waals surface area contributed by atoms with Crippen molar-refractivity contribution in [1.29, 1.82) is 0 Å². The second kappa shape index (κ2) is 3.31. The van der Waals surface area contributed by atoms with E-state index in [2.05, 4.69) is 4.98 Å². The summed E-state index contributed by atoms with van der Waals surface area (Å²) < 4.78 is 0. The van der Waals surface area contributed by atoms with Crippen LogP contribution in [0.2, 0.25) is 5.15 Å². The Balaban J connectivity index is 2.47. The van der Waals surface area contributed by atoms with Gasteiger partial charge in [-0.1, -0.05) is 18.5 Å². The highest BCUT2D eigenvalue weighted by Gasteiger charge is 2.33. The summed E-state index contributed by atoms with van der Waals surface area (Å²) in [5.41, 5.74) is 1.85. The molecule has 3 nitrogen and oxygen atoms in total. The predicted molar refractivity (Wildman–Crippen MR) is 53.7 cm³/mol. The lowest BCUT2D eigenvalue weighted by Gasteiger charge is -2.25. The maximum absolute atomic E-state index is 11.1. The standard InChI is InChI=1S/C10H12ClNO2/c1-5-2-3-6-7(4-12-9(6)11)8(5)10(13)14/h4-5,8,12H,2-3H2,1H3,(H,13,14). The van der Waals surface area contributed by atoms with E-state index in [0.29, 0.717) is 5.15 Å². The molecule has 1 aromatic rings. The molecular formula is C10H12ClNO2. The molecule has 76 valence electrons. The average molecular weight is 214 g/mol. The van der Waals surface area contributed by atoms with Crippen molar-refractivity contribution in [3.63, 3.8) is 0 Å². The van der Waals surface area contributed by atoms with Crippen molar-refractivity contribution in [2.75, 3.05) is 0 Å². The number of aromatic amines is 1. The number of rotatable bonds is 1. The number of carboxylic acids is 1. The molecule has 0 bridgehead atoms. The molecule has 1 aliphatic carbocycles. The Morgan fingerprint density at radius 3 is 3.07 bits per heavy atom. The van der Waals surface area contributed by atoms with E-state index in [1.54, 1.807) is 6.20 Å². The fraction of sp³-hybridized carbons (Fsp3) is 0.500. The molecule has 0 amide bonds. The Morgan fingerprint density at radius 2 is 2.43 bits per heavy atom. The molecular weight excluding hydrogens is 202 g/mol. The third-order valence-corrected chi connectivity index (χ3v) is 3.32. The van der Waals surface area contributed by atoms with E-state index >= 15 is 0 Å².